The van der Waals surface area contributed by atoms with E-state index < -0.39 is 0 Å². The highest BCUT2D eigenvalue weighted by molar-refractivity contribution is 9.10. The number of hydrogen-bond donors (Lipinski definition) is 1. The van der Waals surface area contributed by atoms with Crippen molar-refractivity contribution in [3.8, 4) is 0 Å². The molecule has 1 aromatic carbocycles. The second-order valence-corrected chi connectivity index (χ2v) is 7.24. The fraction of sp³-hybridized carbons (Fsp3) is 0.500. The molecule has 0 radical (unpaired) electrons. The van der Waals surface area contributed by atoms with Crippen molar-refractivity contribution in [2.24, 2.45) is 0 Å². The molecule has 0 aromatic heterocycles. The van der Waals surface area contributed by atoms with E-state index in [2.05, 4.69) is 37.2 Å². The molecule has 104 valence electrons. The molecule has 2 atom stereocenters. The van der Waals surface area contributed by atoms with Gasteiger partial charge in [-0.15, -0.1) is 0 Å². The number of alkyl halides is 1. The molecule has 0 spiro atoms. The maximum absolute atomic E-state index is 12.3. The van der Waals surface area contributed by atoms with Gasteiger partial charge in [-0.25, -0.2) is 0 Å². The SMILES string of the molecule is O=C(NC1CCCCCC1Br)c1cccc(Br)c1Cl. The molecule has 1 aromatic rings. The topological polar surface area (TPSA) is 29.1 Å². The highest BCUT2D eigenvalue weighted by Gasteiger charge is 2.24. The minimum Gasteiger partial charge on any atom is -0.348 e. The standard InChI is InChI=1S/C14H16Br2ClNO/c15-10-6-2-1-3-8-12(10)18-14(19)9-5-4-7-11(16)13(9)17/h4-5,7,10,12H,1-3,6,8H2,(H,18,19). The smallest absolute Gasteiger partial charge is 0.253 e. The van der Waals surface area contributed by atoms with Gasteiger partial charge < -0.3 is 5.32 Å². The third kappa shape index (κ3) is 3.96. The number of carbonyl (C=O) groups is 1. The van der Waals surface area contributed by atoms with Crippen LogP contribution in [0.15, 0.2) is 22.7 Å². The average Bonchev–Trinajstić information content (AvgIpc) is 2.58. The molecule has 1 saturated carbocycles. The first-order chi connectivity index (χ1) is 9.09. The van der Waals surface area contributed by atoms with Gasteiger partial charge in [-0.05, 0) is 40.9 Å². The zero-order valence-corrected chi connectivity index (χ0v) is 14.4. The van der Waals surface area contributed by atoms with Crippen LogP contribution in [-0.2, 0) is 0 Å². The second-order valence-electron chi connectivity index (χ2n) is 4.84. The van der Waals surface area contributed by atoms with Crippen LogP contribution in [0.1, 0.15) is 42.5 Å². The van der Waals surface area contributed by atoms with E-state index in [4.69, 9.17) is 11.6 Å². The molecule has 0 bridgehead atoms. The number of benzene rings is 1. The zero-order valence-electron chi connectivity index (χ0n) is 10.5. The molecule has 5 heteroatoms. The number of halogens is 3. The van der Waals surface area contributed by atoms with Crippen LogP contribution in [0.25, 0.3) is 0 Å². The molecule has 2 rings (SSSR count). The van der Waals surface area contributed by atoms with Crippen LogP contribution >= 0.6 is 43.5 Å². The molecule has 1 N–H and O–H groups in total. The van der Waals surface area contributed by atoms with Crippen LogP contribution in [0.2, 0.25) is 5.02 Å². The average molecular weight is 410 g/mol. The van der Waals surface area contributed by atoms with Gasteiger partial charge in [0.05, 0.1) is 10.6 Å². The second kappa shape index (κ2) is 7.09. The van der Waals surface area contributed by atoms with Crippen molar-refractivity contribution in [3.05, 3.63) is 33.3 Å². The van der Waals surface area contributed by atoms with E-state index in [1.807, 2.05) is 12.1 Å². The first-order valence-corrected chi connectivity index (χ1v) is 8.57. The van der Waals surface area contributed by atoms with Crippen LogP contribution in [0.4, 0.5) is 0 Å². The number of hydrogen-bond acceptors (Lipinski definition) is 1. The molecule has 2 unspecified atom stereocenters. The van der Waals surface area contributed by atoms with Gasteiger partial charge in [0.15, 0.2) is 0 Å². The quantitative estimate of drug-likeness (QED) is 0.545. The fourth-order valence-electron chi connectivity index (χ4n) is 2.35. The summed E-state index contributed by atoms with van der Waals surface area (Å²) >= 11 is 13.2. The number of rotatable bonds is 2. The zero-order chi connectivity index (χ0) is 13.8. The Hall–Kier alpha value is -0.0600. The first kappa shape index (κ1) is 15.3. The summed E-state index contributed by atoms with van der Waals surface area (Å²) in [5.41, 5.74) is 0.528. The van der Waals surface area contributed by atoms with Gasteiger partial charge in [-0.3, -0.25) is 4.79 Å². The molecule has 1 aliphatic carbocycles. The Morgan fingerprint density at radius 3 is 2.79 bits per heavy atom. The Labute approximate surface area is 135 Å². The van der Waals surface area contributed by atoms with Gasteiger partial charge >= 0.3 is 0 Å². The van der Waals surface area contributed by atoms with Gasteiger partial charge in [0.1, 0.15) is 0 Å². The maximum Gasteiger partial charge on any atom is 0.253 e. The molecule has 2 nitrogen and oxygen atoms in total. The summed E-state index contributed by atoms with van der Waals surface area (Å²) in [6.07, 6.45) is 5.76. The molecule has 19 heavy (non-hydrogen) atoms. The Bertz CT molecular complexity index is 467. The van der Waals surface area contributed by atoms with E-state index >= 15 is 0 Å². The minimum atomic E-state index is -0.0948. The van der Waals surface area contributed by atoms with Gasteiger partial charge in [0.2, 0.25) is 0 Å². The molecule has 0 saturated heterocycles. The number of carbonyl (C=O) groups excluding carboxylic acids is 1. The van der Waals surface area contributed by atoms with E-state index in [1.54, 1.807) is 6.07 Å². The normalized spacial score (nSPS) is 23.7. The summed E-state index contributed by atoms with van der Waals surface area (Å²) in [5, 5.41) is 3.57. The Morgan fingerprint density at radius 2 is 2.00 bits per heavy atom. The van der Waals surface area contributed by atoms with Gasteiger partial charge in [0.25, 0.3) is 5.91 Å². The summed E-state index contributed by atoms with van der Waals surface area (Å²) in [5.74, 6) is -0.0948. The molecule has 1 amide bonds. The van der Waals surface area contributed by atoms with E-state index in [-0.39, 0.29) is 11.9 Å². The lowest BCUT2D eigenvalue weighted by molar-refractivity contribution is 0.0935. The first-order valence-electron chi connectivity index (χ1n) is 6.48. The van der Waals surface area contributed by atoms with Crippen molar-refractivity contribution in [3.63, 3.8) is 0 Å². The van der Waals surface area contributed by atoms with Crippen LogP contribution < -0.4 is 5.32 Å². The molecule has 0 heterocycles. The molecule has 1 aliphatic rings. The monoisotopic (exact) mass is 407 g/mol. The van der Waals surface area contributed by atoms with Crippen LogP contribution in [0, 0.1) is 0 Å². The minimum absolute atomic E-state index is 0.0948. The lowest BCUT2D eigenvalue weighted by Gasteiger charge is -2.21. The Kier molecular flexibility index (Phi) is 5.72. The van der Waals surface area contributed by atoms with Crippen molar-refractivity contribution < 1.29 is 4.79 Å². The molecular formula is C14H16Br2ClNO. The largest absolute Gasteiger partial charge is 0.348 e. The van der Waals surface area contributed by atoms with Gasteiger partial charge in [0, 0.05) is 15.3 Å². The summed E-state index contributed by atoms with van der Waals surface area (Å²) in [7, 11) is 0. The predicted octanol–water partition coefficient (Wildman–Crippen LogP) is 4.93. The third-order valence-corrected chi connectivity index (χ3v) is 5.84. The van der Waals surface area contributed by atoms with Crippen molar-refractivity contribution in [1.82, 2.24) is 5.32 Å². The Morgan fingerprint density at radius 1 is 1.26 bits per heavy atom. The summed E-state index contributed by atoms with van der Waals surface area (Å²) in [4.78, 5) is 12.7. The third-order valence-electron chi connectivity index (χ3n) is 3.44. The lowest BCUT2D eigenvalue weighted by atomic mass is 10.1. The summed E-state index contributed by atoms with van der Waals surface area (Å²) in [6.45, 7) is 0. The Balaban J connectivity index is 2.09. The molecule has 1 fully saturated rings. The van der Waals surface area contributed by atoms with Crippen molar-refractivity contribution in [2.45, 2.75) is 43.0 Å². The molecular weight excluding hydrogens is 393 g/mol. The number of nitrogens with one attached hydrogen (secondary N) is 1. The fourth-order valence-corrected chi connectivity index (χ4v) is 3.65. The molecule has 0 aliphatic heterocycles. The summed E-state index contributed by atoms with van der Waals surface area (Å²) in [6, 6.07) is 5.59. The van der Waals surface area contributed by atoms with E-state index in [0.29, 0.717) is 15.4 Å². The van der Waals surface area contributed by atoms with Crippen LogP contribution in [-0.4, -0.2) is 16.8 Å². The van der Waals surface area contributed by atoms with Crippen molar-refractivity contribution >= 4 is 49.4 Å². The highest BCUT2D eigenvalue weighted by Crippen LogP contribution is 2.27. The summed E-state index contributed by atoms with van der Waals surface area (Å²) < 4.78 is 0.748. The highest BCUT2D eigenvalue weighted by atomic mass is 79.9. The van der Waals surface area contributed by atoms with Crippen LogP contribution in [0.5, 0.6) is 0 Å². The lowest BCUT2D eigenvalue weighted by Crippen LogP contribution is -2.40. The van der Waals surface area contributed by atoms with Crippen molar-refractivity contribution in [2.75, 3.05) is 0 Å². The van der Waals surface area contributed by atoms with Gasteiger partial charge in [-0.1, -0.05) is 52.9 Å². The number of amides is 1. The predicted molar refractivity (Wildman–Crippen MR) is 86.2 cm³/mol. The van der Waals surface area contributed by atoms with E-state index in [0.717, 1.165) is 17.3 Å². The van der Waals surface area contributed by atoms with Gasteiger partial charge in [-0.2, -0.15) is 0 Å². The maximum atomic E-state index is 12.3. The van der Waals surface area contributed by atoms with Crippen LogP contribution in [0.3, 0.4) is 0 Å². The van der Waals surface area contributed by atoms with E-state index in [9.17, 15) is 4.79 Å². The van der Waals surface area contributed by atoms with Crippen molar-refractivity contribution in [1.29, 1.82) is 0 Å². The van der Waals surface area contributed by atoms with E-state index in [1.165, 1.54) is 19.3 Å².